The molecule has 2 heterocycles. The average molecular weight is 362 g/mol. The van der Waals surface area contributed by atoms with Crippen molar-refractivity contribution in [3.05, 3.63) is 30.3 Å². The van der Waals surface area contributed by atoms with Gasteiger partial charge in [0, 0.05) is 13.0 Å². The van der Waals surface area contributed by atoms with Gasteiger partial charge in [-0.2, -0.15) is 0 Å². The van der Waals surface area contributed by atoms with Gasteiger partial charge in [0.1, 0.15) is 18.5 Å². The van der Waals surface area contributed by atoms with Gasteiger partial charge in [-0.25, -0.2) is 4.79 Å². The lowest BCUT2D eigenvalue weighted by molar-refractivity contribution is -0.151. The number of rotatable bonds is 7. The smallest absolute Gasteiger partial charge is 0.332 e. The van der Waals surface area contributed by atoms with E-state index in [1.807, 2.05) is 30.3 Å². The predicted molar refractivity (Wildman–Crippen MR) is 90.6 cm³/mol. The molecule has 2 fully saturated rings. The van der Waals surface area contributed by atoms with Gasteiger partial charge in [-0.3, -0.25) is 9.59 Å². The number of ether oxygens (including phenoxy) is 2. The molecule has 1 aromatic rings. The summed E-state index contributed by atoms with van der Waals surface area (Å²) in [5.74, 6) is -0.701. The minimum Gasteiger partial charge on any atom is -0.492 e. The van der Waals surface area contributed by atoms with E-state index in [9.17, 15) is 14.4 Å². The van der Waals surface area contributed by atoms with Crippen molar-refractivity contribution in [3.8, 4) is 5.75 Å². The Morgan fingerprint density at radius 2 is 1.96 bits per heavy atom. The monoisotopic (exact) mass is 362 g/mol. The van der Waals surface area contributed by atoms with Crippen molar-refractivity contribution < 1.29 is 29.0 Å². The SMILES string of the molecule is O=C(NC1CC(=O)N(CCOc2ccccc2)C1)[C@@H]1CC[C@H](C(=O)O)O1. The van der Waals surface area contributed by atoms with Crippen molar-refractivity contribution in [2.45, 2.75) is 37.5 Å². The fourth-order valence-corrected chi connectivity index (χ4v) is 3.18. The molecule has 8 heteroatoms. The van der Waals surface area contributed by atoms with Crippen molar-refractivity contribution in [2.24, 2.45) is 0 Å². The van der Waals surface area contributed by atoms with Gasteiger partial charge in [-0.05, 0) is 25.0 Å². The van der Waals surface area contributed by atoms with Crippen LogP contribution in [0.1, 0.15) is 19.3 Å². The second kappa shape index (κ2) is 8.18. The van der Waals surface area contributed by atoms with Crippen LogP contribution in [0.25, 0.3) is 0 Å². The number of carboxylic acids is 1. The summed E-state index contributed by atoms with van der Waals surface area (Å²) in [7, 11) is 0. The molecule has 3 rings (SSSR count). The largest absolute Gasteiger partial charge is 0.492 e. The van der Waals surface area contributed by atoms with E-state index in [1.54, 1.807) is 4.90 Å². The third-order valence-electron chi connectivity index (χ3n) is 4.52. The molecular formula is C18H22N2O6. The molecule has 0 aliphatic carbocycles. The summed E-state index contributed by atoms with van der Waals surface area (Å²) in [5, 5.41) is 11.7. The zero-order valence-electron chi connectivity index (χ0n) is 14.3. The Morgan fingerprint density at radius 3 is 2.65 bits per heavy atom. The fourth-order valence-electron chi connectivity index (χ4n) is 3.18. The Morgan fingerprint density at radius 1 is 1.23 bits per heavy atom. The van der Waals surface area contributed by atoms with Gasteiger partial charge in [0.25, 0.3) is 0 Å². The van der Waals surface area contributed by atoms with E-state index >= 15 is 0 Å². The molecule has 3 atom stereocenters. The van der Waals surface area contributed by atoms with Gasteiger partial charge >= 0.3 is 5.97 Å². The number of carbonyl (C=O) groups excluding carboxylic acids is 2. The van der Waals surface area contributed by atoms with E-state index in [0.29, 0.717) is 32.5 Å². The highest BCUT2D eigenvalue weighted by Crippen LogP contribution is 2.21. The highest BCUT2D eigenvalue weighted by Gasteiger charge is 2.37. The van der Waals surface area contributed by atoms with Crippen LogP contribution in [0.3, 0.4) is 0 Å². The maximum atomic E-state index is 12.2. The van der Waals surface area contributed by atoms with E-state index in [4.69, 9.17) is 14.6 Å². The lowest BCUT2D eigenvalue weighted by Crippen LogP contribution is -2.43. The van der Waals surface area contributed by atoms with E-state index in [-0.39, 0.29) is 24.3 Å². The Labute approximate surface area is 151 Å². The van der Waals surface area contributed by atoms with Crippen LogP contribution in [0.4, 0.5) is 0 Å². The van der Waals surface area contributed by atoms with Crippen LogP contribution in [0.5, 0.6) is 5.75 Å². The normalized spacial score (nSPS) is 25.3. The Balaban J connectivity index is 1.41. The summed E-state index contributed by atoms with van der Waals surface area (Å²) in [4.78, 5) is 36.8. The van der Waals surface area contributed by atoms with Gasteiger partial charge in [-0.1, -0.05) is 18.2 Å². The summed E-state index contributed by atoms with van der Waals surface area (Å²) in [5.41, 5.74) is 0. The lowest BCUT2D eigenvalue weighted by Gasteiger charge is -2.18. The number of likely N-dealkylation sites (tertiary alicyclic amines) is 1. The number of nitrogens with one attached hydrogen (secondary N) is 1. The van der Waals surface area contributed by atoms with Crippen LogP contribution >= 0.6 is 0 Å². The van der Waals surface area contributed by atoms with Crippen molar-refractivity contribution in [3.63, 3.8) is 0 Å². The summed E-state index contributed by atoms with van der Waals surface area (Å²) in [6, 6.07) is 9.06. The first-order chi connectivity index (χ1) is 12.5. The first-order valence-electron chi connectivity index (χ1n) is 8.67. The molecule has 0 saturated carbocycles. The van der Waals surface area contributed by atoms with Crippen LogP contribution in [0.15, 0.2) is 30.3 Å². The zero-order valence-corrected chi connectivity index (χ0v) is 14.3. The zero-order chi connectivity index (χ0) is 18.5. The first kappa shape index (κ1) is 18.2. The molecule has 140 valence electrons. The van der Waals surface area contributed by atoms with Crippen LogP contribution in [0, 0.1) is 0 Å². The molecule has 0 spiro atoms. The molecule has 2 aliphatic heterocycles. The number of hydrogen-bond acceptors (Lipinski definition) is 5. The average Bonchev–Trinajstić information content (AvgIpc) is 3.23. The van der Waals surface area contributed by atoms with E-state index in [0.717, 1.165) is 5.75 Å². The van der Waals surface area contributed by atoms with Crippen LogP contribution in [-0.4, -0.2) is 65.7 Å². The second-order valence-electron chi connectivity index (χ2n) is 6.44. The molecular weight excluding hydrogens is 340 g/mol. The van der Waals surface area contributed by atoms with Gasteiger partial charge < -0.3 is 24.8 Å². The number of carboxylic acid groups (broad SMARTS) is 1. The molecule has 8 nitrogen and oxygen atoms in total. The van der Waals surface area contributed by atoms with Crippen molar-refractivity contribution in [2.75, 3.05) is 19.7 Å². The Kier molecular flexibility index (Phi) is 5.72. The molecule has 0 bridgehead atoms. The maximum Gasteiger partial charge on any atom is 0.332 e. The molecule has 26 heavy (non-hydrogen) atoms. The Hall–Kier alpha value is -2.61. The fraction of sp³-hybridized carbons (Fsp3) is 0.500. The quantitative estimate of drug-likeness (QED) is 0.728. The maximum absolute atomic E-state index is 12.2. The third-order valence-corrected chi connectivity index (χ3v) is 4.52. The summed E-state index contributed by atoms with van der Waals surface area (Å²) >= 11 is 0. The minimum atomic E-state index is -1.05. The summed E-state index contributed by atoms with van der Waals surface area (Å²) < 4.78 is 10.8. The highest BCUT2D eigenvalue weighted by atomic mass is 16.5. The topological polar surface area (TPSA) is 105 Å². The molecule has 0 radical (unpaired) electrons. The van der Waals surface area contributed by atoms with Gasteiger partial charge in [0.15, 0.2) is 6.10 Å². The van der Waals surface area contributed by atoms with Crippen LogP contribution in [-0.2, 0) is 19.1 Å². The molecule has 2 saturated heterocycles. The van der Waals surface area contributed by atoms with Crippen LogP contribution < -0.4 is 10.1 Å². The van der Waals surface area contributed by atoms with E-state index in [1.165, 1.54) is 0 Å². The standard InChI is InChI=1S/C18H22N2O6/c21-16-10-12(19-17(22)14-6-7-15(26-14)18(23)24)11-20(16)8-9-25-13-4-2-1-3-5-13/h1-5,12,14-15H,6-11H2,(H,19,22)(H,23,24)/t12?,14-,15+/m0/s1. The molecule has 2 aliphatic rings. The van der Waals surface area contributed by atoms with Gasteiger partial charge in [0.05, 0.1) is 12.6 Å². The predicted octanol–water partition coefficient (Wildman–Crippen LogP) is 0.415. The van der Waals surface area contributed by atoms with Crippen molar-refractivity contribution in [1.82, 2.24) is 10.2 Å². The Bertz CT molecular complexity index is 665. The number of hydrogen-bond donors (Lipinski definition) is 2. The van der Waals surface area contributed by atoms with Gasteiger partial charge in [0.2, 0.25) is 11.8 Å². The molecule has 2 amide bonds. The number of carbonyl (C=O) groups is 3. The first-order valence-corrected chi connectivity index (χ1v) is 8.67. The lowest BCUT2D eigenvalue weighted by atomic mass is 10.1. The van der Waals surface area contributed by atoms with Crippen LogP contribution in [0.2, 0.25) is 0 Å². The molecule has 1 aromatic carbocycles. The highest BCUT2D eigenvalue weighted by molar-refractivity contribution is 5.85. The number of amides is 2. The summed E-state index contributed by atoms with van der Waals surface area (Å²) in [6.45, 7) is 1.24. The molecule has 2 N–H and O–H groups in total. The molecule has 1 unspecified atom stereocenters. The van der Waals surface area contributed by atoms with E-state index in [2.05, 4.69) is 5.32 Å². The van der Waals surface area contributed by atoms with Crippen molar-refractivity contribution in [1.29, 1.82) is 0 Å². The number of para-hydroxylation sites is 1. The van der Waals surface area contributed by atoms with Gasteiger partial charge in [-0.15, -0.1) is 0 Å². The molecule has 0 aromatic heterocycles. The number of benzene rings is 1. The second-order valence-corrected chi connectivity index (χ2v) is 6.44. The van der Waals surface area contributed by atoms with E-state index < -0.39 is 18.2 Å². The minimum absolute atomic E-state index is 0.0392. The van der Waals surface area contributed by atoms with Crippen molar-refractivity contribution >= 4 is 17.8 Å². The third kappa shape index (κ3) is 4.51. The summed E-state index contributed by atoms with van der Waals surface area (Å²) in [6.07, 6.45) is -0.770. The number of nitrogens with zero attached hydrogens (tertiary/aromatic N) is 1. The number of aliphatic carboxylic acids is 1.